The van der Waals surface area contributed by atoms with Crippen LogP contribution in [0.5, 0.6) is 5.75 Å². The SMILES string of the molecule is CC(=O)OCCOC1=C(COc2ccccc2)N2C(=O)C[C@H]2S(=O)(=O)C1. The predicted molar refractivity (Wildman–Crippen MR) is 90.6 cm³/mol. The number of carbonyl (C=O) groups excluding carboxylic acids is 2. The predicted octanol–water partition coefficient (Wildman–Crippen LogP) is 0.844. The summed E-state index contributed by atoms with van der Waals surface area (Å²) in [5, 5.41) is -0.856. The van der Waals surface area contributed by atoms with Crippen LogP contribution in [0.1, 0.15) is 13.3 Å². The topological polar surface area (TPSA) is 99.2 Å². The Morgan fingerprint density at radius 2 is 1.92 bits per heavy atom. The molecule has 0 spiro atoms. The fraction of sp³-hybridized carbons (Fsp3) is 0.412. The average Bonchev–Trinajstić information content (AvgIpc) is 2.58. The third-order valence-corrected chi connectivity index (χ3v) is 5.92. The normalized spacial score (nSPS) is 20.9. The molecule has 0 saturated carbocycles. The number of benzene rings is 1. The molecule has 0 N–H and O–H groups in total. The standard InChI is InChI=1S/C17H19NO7S/c1-12(19)23-7-8-24-15-11-26(21,22)17-9-16(20)18(17)14(15)10-25-13-5-3-2-4-6-13/h2-6,17H,7-11H2,1H3/t17-/m1/s1. The smallest absolute Gasteiger partial charge is 0.302 e. The first-order chi connectivity index (χ1) is 12.4. The molecule has 1 saturated heterocycles. The molecule has 1 amide bonds. The van der Waals surface area contributed by atoms with Crippen molar-refractivity contribution in [2.24, 2.45) is 0 Å². The van der Waals surface area contributed by atoms with Gasteiger partial charge in [0, 0.05) is 6.92 Å². The van der Waals surface area contributed by atoms with Crippen LogP contribution >= 0.6 is 0 Å². The lowest BCUT2D eigenvalue weighted by Crippen LogP contribution is -2.60. The molecule has 1 atom stereocenters. The van der Waals surface area contributed by atoms with Gasteiger partial charge in [0.05, 0.1) is 12.1 Å². The number of β-lactam (4-membered cyclic amide) rings is 1. The number of ether oxygens (including phenoxy) is 3. The Balaban J connectivity index is 1.78. The summed E-state index contributed by atoms with van der Waals surface area (Å²) in [4.78, 5) is 24.0. The van der Waals surface area contributed by atoms with Crippen LogP contribution in [-0.4, -0.2) is 56.1 Å². The molecule has 0 radical (unpaired) electrons. The van der Waals surface area contributed by atoms with Crippen molar-refractivity contribution in [3.05, 3.63) is 41.8 Å². The van der Waals surface area contributed by atoms with E-state index in [0.29, 0.717) is 11.4 Å². The summed E-state index contributed by atoms with van der Waals surface area (Å²) < 4.78 is 40.6. The summed E-state index contributed by atoms with van der Waals surface area (Å²) >= 11 is 0. The van der Waals surface area contributed by atoms with E-state index in [1.165, 1.54) is 11.8 Å². The lowest BCUT2D eigenvalue weighted by atomic mass is 10.1. The van der Waals surface area contributed by atoms with Crippen LogP contribution in [0.15, 0.2) is 41.8 Å². The third-order valence-electron chi connectivity index (χ3n) is 4.05. The molecule has 2 aliphatic heterocycles. The van der Waals surface area contributed by atoms with E-state index < -0.39 is 21.2 Å². The Hall–Kier alpha value is -2.55. The molecular formula is C17H19NO7S. The largest absolute Gasteiger partial charge is 0.491 e. The minimum atomic E-state index is -3.52. The summed E-state index contributed by atoms with van der Waals surface area (Å²) in [5.74, 6) is -0.306. The highest BCUT2D eigenvalue weighted by Crippen LogP contribution is 2.36. The number of amides is 1. The first-order valence-corrected chi connectivity index (χ1v) is 9.79. The van der Waals surface area contributed by atoms with Gasteiger partial charge in [-0.15, -0.1) is 0 Å². The van der Waals surface area contributed by atoms with Crippen LogP contribution in [0.2, 0.25) is 0 Å². The Morgan fingerprint density at radius 1 is 1.19 bits per heavy atom. The Bertz CT molecular complexity index is 832. The molecule has 0 unspecified atom stereocenters. The quantitative estimate of drug-likeness (QED) is 0.392. The van der Waals surface area contributed by atoms with Crippen LogP contribution in [0, 0.1) is 0 Å². The van der Waals surface area contributed by atoms with E-state index in [1.807, 2.05) is 18.2 Å². The molecule has 0 aromatic heterocycles. The Kier molecular flexibility index (Phi) is 5.17. The summed E-state index contributed by atoms with van der Waals surface area (Å²) in [7, 11) is -3.52. The molecule has 0 aliphatic carbocycles. The van der Waals surface area contributed by atoms with Crippen LogP contribution in [0.4, 0.5) is 0 Å². The molecule has 2 heterocycles. The van der Waals surface area contributed by atoms with E-state index >= 15 is 0 Å². The molecule has 8 nitrogen and oxygen atoms in total. The number of hydrogen-bond donors (Lipinski definition) is 0. The highest BCUT2D eigenvalue weighted by Gasteiger charge is 2.51. The molecule has 9 heteroatoms. The highest BCUT2D eigenvalue weighted by atomic mass is 32.2. The van der Waals surface area contributed by atoms with Gasteiger partial charge in [-0.2, -0.15) is 0 Å². The van der Waals surface area contributed by atoms with Gasteiger partial charge in [0.25, 0.3) is 0 Å². The number of para-hydroxylation sites is 1. The van der Waals surface area contributed by atoms with Gasteiger partial charge >= 0.3 is 5.97 Å². The number of nitrogens with zero attached hydrogens (tertiary/aromatic N) is 1. The molecular weight excluding hydrogens is 362 g/mol. The van der Waals surface area contributed by atoms with Crippen LogP contribution < -0.4 is 4.74 Å². The van der Waals surface area contributed by atoms with Crippen LogP contribution in [-0.2, 0) is 28.9 Å². The van der Waals surface area contributed by atoms with Crippen LogP contribution in [0.25, 0.3) is 0 Å². The lowest BCUT2D eigenvalue weighted by Gasteiger charge is -2.44. The maximum atomic E-state index is 12.3. The number of rotatable bonds is 7. The second-order valence-electron chi connectivity index (χ2n) is 5.89. The summed E-state index contributed by atoms with van der Waals surface area (Å²) in [6.45, 7) is 1.26. The molecule has 1 aromatic rings. The molecule has 0 bridgehead atoms. The van der Waals surface area contributed by atoms with Gasteiger partial charge in [0.15, 0.2) is 9.84 Å². The van der Waals surface area contributed by atoms with Gasteiger partial charge in [-0.25, -0.2) is 8.42 Å². The molecule has 1 fully saturated rings. The van der Waals surface area contributed by atoms with Crippen molar-refractivity contribution in [2.75, 3.05) is 25.6 Å². The van der Waals surface area contributed by atoms with E-state index in [0.717, 1.165) is 0 Å². The zero-order chi connectivity index (χ0) is 18.7. The molecule has 140 valence electrons. The maximum absolute atomic E-state index is 12.3. The number of carbonyl (C=O) groups is 2. The molecule has 3 rings (SSSR count). The minimum Gasteiger partial charge on any atom is -0.491 e. The second kappa shape index (κ2) is 7.36. The van der Waals surface area contributed by atoms with Gasteiger partial charge in [-0.05, 0) is 12.1 Å². The Labute approximate surface area is 151 Å². The summed E-state index contributed by atoms with van der Waals surface area (Å²) in [6, 6.07) is 8.98. The fourth-order valence-corrected chi connectivity index (χ4v) is 4.56. The number of sulfone groups is 1. The zero-order valence-corrected chi connectivity index (χ0v) is 15.0. The van der Waals surface area contributed by atoms with E-state index in [9.17, 15) is 18.0 Å². The minimum absolute atomic E-state index is 0.00464. The van der Waals surface area contributed by atoms with Gasteiger partial charge in [0.2, 0.25) is 5.91 Å². The van der Waals surface area contributed by atoms with Crippen molar-refractivity contribution in [1.82, 2.24) is 4.90 Å². The maximum Gasteiger partial charge on any atom is 0.302 e. The van der Waals surface area contributed by atoms with Crippen molar-refractivity contribution in [3.8, 4) is 5.75 Å². The second-order valence-corrected chi connectivity index (χ2v) is 8.05. The molecule has 1 aromatic carbocycles. The number of hydrogen-bond acceptors (Lipinski definition) is 7. The lowest BCUT2D eigenvalue weighted by molar-refractivity contribution is -0.142. The van der Waals surface area contributed by atoms with E-state index in [4.69, 9.17) is 14.2 Å². The highest BCUT2D eigenvalue weighted by molar-refractivity contribution is 7.92. The van der Waals surface area contributed by atoms with Crippen molar-refractivity contribution in [3.63, 3.8) is 0 Å². The van der Waals surface area contributed by atoms with Gasteiger partial charge in [-0.3, -0.25) is 14.5 Å². The summed E-state index contributed by atoms with van der Waals surface area (Å²) in [5.41, 5.74) is 0.396. The Morgan fingerprint density at radius 3 is 2.58 bits per heavy atom. The first kappa shape index (κ1) is 18.2. The first-order valence-electron chi connectivity index (χ1n) is 8.08. The van der Waals surface area contributed by atoms with Crippen molar-refractivity contribution >= 4 is 21.7 Å². The molecule has 26 heavy (non-hydrogen) atoms. The van der Waals surface area contributed by atoms with Gasteiger partial charge in [-0.1, -0.05) is 18.2 Å². The third kappa shape index (κ3) is 3.82. The monoisotopic (exact) mass is 381 g/mol. The van der Waals surface area contributed by atoms with E-state index in [2.05, 4.69) is 0 Å². The average molecular weight is 381 g/mol. The summed E-state index contributed by atoms with van der Waals surface area (Å²) in [6.07, 6.45) is -0.0299. The van der Waals surface area contributed by atoms with Crippen molar-refractivity contribution in [1.29, 1.82) is 0 Å². The van der Waals surface area contributed by atoms with Crippen LogP contribution in [0.3, 0.4) is 0 Å². The number of esters is 1. The van der Waals surface area contributed by atoms with Crippen molar-refractivity contribution in [2.45, 2.75) is 18.7 Å². The van der Waals surface area contributed by atoms with Crippen molar-refractivity contribution < 1.29 is 32.2 Å². The van der Waals surface area contributed by atoms with E-state index in [-0.39, 0.29) is 43.7 Å². The molecule has 2 aliphatic rings. The zero-order valence-electron chi connectivity index (χ0n) is 14.2. The fourth-order valence-electron chi connectivity index (χ4n) is 2.79. The van der Waals surface area contributed by atoms with Gasteiger partial charge in [0.1, 0.15) is 42.5 Å². The van der Waals surface area contributed by atoms with Gasteiger partial charge < -0.3 is 14.2 Å². The van der Waals surface area contributed by atoms with E-state index in [1.54, 1.807) is 12.1 Å². The number of fused-ring (bicyclic) bond motifs is 1.